The number of benzene rings is 2. The third-order valence-corrected chi connectivity index (χ3v) is 4.43. The van der Waals surface area contributed by atoms with Crippen LogP contribution in [-0.4, -0.2) is 22.9 Å². The highest BCUT2D eigenvalue weighted by molar-refractivity contribution is 5.29. The van der Waals surface area contributed by atoms with Crippen molar-refractivity contribution in [3.05, 3.63) is 59.7 Å². The van der Waals surface area contributed by atoms with E-state index in [1.54, 1.807) is 24.3 Å². The number of aromatic hydroxyl groups is 2. The molecule has 116 valence electrons. The molecule has 3 nitrogen and oxygen atoms in total. The van der Waals surface area contributed by atoms with Crippen molar-refractivity contribution in [3.8, 4) is 11.5 Å². The highest BCUT2D eigenvalue weighted by atomic mass is 16.5. The zero-order valence-corrected chi connectivity index (χ0v) is 12.6. The maximum atomic E-state index is 9.35. The molecule has 2 aromatic rings. The normalized spacial score (nSPS) is 21.6. The van der Waals surface area contributed by atoms with E-state index in [9.17, 15) is 10.2 Å². The van der Waals surface area contributed by atoms with Gasteiger partial charge in [0.15, 0.2) is 0 Å². The van der Waals surface area contributed by atoms with Crippen LogP contribution in [0.2, 0.25) is 0 Å². The van der Waals surface area contributed by atoms with Gasteiger partial charge in [-0.1, -0.05) is 24.3 Å². The van der Waals surface area contributed by atoms with Crippen molar-refractivity contribution in [2.75, 3.05) is 6.61 Å². The van der Waals surface area contributed by atoms with Gasteiger partial charge < -0.3 is 14.9 Å². The smallest absolute Gasteiger partial charge is 0.115 e. The molecule has 1 aliphatic heterocycles. The summed E-state index contributed by atoms with van der Waals surface area (Å²) >= 11 is 0. The van der Waals surface area contributed by atoms with Gasteiger partial charge in [0.25, 0.3) is 0 Å². The van der Waals surface area contributed by atoms with Gasteiger partial charge in [-0.05, 0) is 61.1 Å². The molecule has 0 amide bonds. The maximum Gasteiger partial charge on any atom is 0.115 e. The van der Waals surface area contributed by atoms with E-state index < -0.39 is 0 Å². The average Bonchev–Trinajstić information content (AvgIpc) is 2.56. The van der Waals surface area contributed by atoms with Crippen LogP contribution in [0.15, 0.2) is 48.5 Å². The molecule has 0 saturated carbocycles. The van der Waals surface area contributed by atoms with Gasteiger partial charge in [-0.2, -0.15) is 0 Å². The van der Waals surface area contributed by atoms with Crippen LogP contribution in [-0.2, 0) is 11.2 Å². The largest absolute Gasteiger partial charge is 0.508 e. The van der Waals surface area contributed by atoms with Crippen molar-refractivity contribution in [2.45, 2.75) is 37.7 Å². The van der Waals surface area contributed by atoms with Crippen molar-refractivity contribution in [2.24, 2.45) is 0 Å². The number of phenols is 2. The molecule has 1 saturated heterocycles. The van der Waals surface area contributed by atoms with Crippen LogP contribution in [0, 0.1) is 0 Å². The summed E-state index contributed by atoms with van der Waals surface area (Å²) in [5, 5.41) is 18.6. The van der Waals surface area contributed by atoms with E-state index >= 15 is 0 Å². The first-order valence-electron chi connectivity index (χ1n) is 7.89. The van der Waals surface area contributed by atoms with Crippen molar-refractivity contribution >= 4 is 0 Å². The third kappa shape index (κ3) is 3.80. The minimum atomic E-state index is 0.312. The molecule has 0 aromatic heterocycles. The number of phenolic OH excluding ortho intramolecular Hbond substituents is 2. The highest BCUT2D eigenvalue weighted by Crippen LogP contribution is 2.30. The summed E-state index contributed by atoms with van der Waals surface area (Å²) in [4.78, 5) is 0. The van der Waals surface area contributed by atoms with Gasteiger partial charge in [0, 0.05) is 5.92 Å². The Kier molecular flexibility index (Phi) is 4.64. The zero-order chi connectivity index (χ0) is 15.4. The molecule has 0 bridgehead atoms. The molecule has 2 aromatic carbocycles. The number of ether oxygens (including phenoxy) is 1. The molecule has 22 heavy (non-hydrogen) atoms. The van der Waals surface area contributed by atoms with Gasteiger partial charge >= 0.3 is 0 Å². The van der Waals surface area contributed by atoms with Crippen LogP contribution >= 0.6 is 0 Å². The molecule has 3 rings (SSSR count). The summed E-state index contributed by atoms with van der Waals surface area (Å²) in [5.74, 6) is 1.06. The summed E-state index contributed by atoms with van der Waals surface area (Å²) in [5.41, 5.74) is 2.48. The fourth-order valence-corrected chi connectivity index (χ4v) is 3.03. The highest BCUT2D eigenvalue weighted by Gasteiger charge is 2.22. The van der Waals surface area contributed by atoms with E-state index in [2.05, 4.69) is 0 Å². The number of hydrogen-bond donors (Lipinski definition) is 2. The first-order chi connectivity index (χ1) is 10.7. The number of aryl methyl sites for hydroxylation is 1. The molecule has 1 heterocycles. The fraction of sp³-hybridized carbons (Fsp3) is 0.368. The van der Waals surface area contributed by atoms with Crippen molar-refractivity contribution < 1.29 is 14.9 Å². The summed E-state index contributed by atoms with van der Waals surface area (Å²) < 4.78 is 6.01. The Hall–Kier alpha value is -2.00. The quantitative estimate of drug-likeness (QED) is 0.897. The Labute approximate surface area is 131 Å². The number of hydrogen-bond acceptors (Lipinski definition) is 3. The molecule has 0 unspecified atom stereocenters. The second-order valence-electron chi connectivity index (χ2n) is 6.03. The summed E-state index contributed by atoms with van der Waals surface area (Å²) in [6.45, 7) is 0.755. The summed E-state index contributed by atoms with van der Waals surface area (Å²) in [6.07, 6.45) is 4.53. The Bertz CT molecular complexity index is 581. The Morgan fingerprint density at radius 2 is 1.50 bits per heavy atom. The van der Waals surface area contributed by atoms with E-state index in [1.807, 2.05) is 24.3 Å². The lowest BCUT2D eigenvalue weighted by Crippen LogP contribution is -2.25. The number of rotatable bonds is 4. The SMILES string of the molecule is Oc1ccc(CC[C@@H]2CC[C@H](c3ccc(O)cc3)CO2)cc1. The van der Waals surface area contributed by atoms with E-state index in [-0.39, 0.29) is 0 Å². The van der Waals surface area contributed by atoms with Crippen LogP contribution in [0.1, 0.15) is 36.3 Å². The third-order valence-electron chi connectivity index (χ3n) is 4.43. The van der Waals surface area contributed by atoms with Gasteiger partial charge in [-0.25, -0.2) is 0 Å². The van der Waals surface area contributed by atoms with Crippen molar-refractivity contribution in [1.29, 1.82) is 0 Å². The standard InChI is InChI=1S/C19H22O3/c20-17-7-1-14(2-8-17)3-11-19-12-6-16(13-22-19)15-4-9-18(21)10-5-15/h1-2,4-5,7-10,16,19-21H,3,6,11-13H2/t16-,19+/m0/s1. The van der Waals surface area contributed by atoms with Crippen LogP contribution in [0.3, 0.4) is 0 Å². The second kappa shape index (κ2) is 6.84. The monoisotopic (exact) mass is 298 g/mol. The molecule has 0 radical (unpaired) electrons. The lowest BCUT2D eigenvalue weighted by atomic mass is 9.90. The van der Waals surface area contributed by atoms with Gasteiger partial charge in [0.05, 0.1) is 12.7 Å². The maximum absolute atomic E-state index is 9.35. The fourth-order valence-electron chi connectivity index (χ4n) is 3.03. The van der Waals surface area contributed by atoms with E-state index in [1.165, 1.54) is 11.1 Å². The average molecular weight is 298 g/mol. The molecule has 3 heteroatoms. The van der Waals surface area contributed by atoms with Crippen LogP contribution in [0.4, 0.5) is 0 Å². The van der Waals surface area contributed by atoms with Gasteiger partial charge in [0.2, 0.25) is 0 Å². The minimum absolute atomic E-state index is 0.312. The first-order valence-corrected chi connectivity index (χ1v) is 7.89. The van der Waals surface area contributed by atoms with Crippen LogP contribution in [0.5, 0.6) is 11.5 Å². The molecule has 0 spiro atoms. The van der Waals surface area contributed by atoms with E-state index in [0.29, 0.717) is 23.5 Å². The van der Waals surface area contributed by atoms with Gasteiger partial charge in [-0.3, -0.25) is 0 Å². The lowest BCUT2D eigenvalue weighted by Gasteiger charge is -2.29. The molecule has 0 aliphatic carbocycles. The molecule has 2 N–H and O–H groups in total. The Morgan fingerprint density at radius 1 is 0.864 bits per heavy atom. The van der Waals surface area contributed by atoms with E-state index in [0.717, 1.165) is 32.3 Å². The molecule has 2 atom stereocenters. The molecular formula is C19H22O3. The predicted octanol–water partition coefficient (Wildman–Crippen LogP) is 3.99. The van der Waals surface area contributed by atoms with Crippen molar-refractivity contribution in [1.82, 2.24) is 0 Å². The van der Waals surface area contributed by atoms with Crippen LogP contribution in [0.25, 0.3) is 0 Å². The zero-order valence-electron chi connectivity index (χ0n) is 12.6. The van der Waals surface area contributed by atoms with Gasteiger partial charge in [0.1, 0.15) is 11.5 Å². The molecular weight excluding hydrogens is 276 g/mol. The topological polar surface area (TPSA) is 49.7 Å². The van der Waals surface area contributed by atoms with Crippen molar-refractivity contribution in [3.63, 3.8) is 0 Å². The molecule has 1 fully saturated rings. The summed E-state index contributed by atoms with van der Waals surface area (Å²) in [7, 11) is 0. The lowest BCUT2D eigenvalue weighted by molar-refractivity contribution is -0.000564. The predicted molar refractivity (Wildman–Crippen MR) is 86.2 cm³/mol. The minimum Gasteiger partial charge on any atom is -0.508 e. The Balaban J connectivity index is 1.47. The van der Waals surface area contributed by atoms with E-state index in [4.69, 9.17) is 4.74 Å². The van der Waals surface area contributed by atoms with Gasteiger partial charge in [-0.15, -0.1) is 0 Å². The second-order valence-corrected chi connectivity index (χ2v) is 6.03. The first kappa shape index (κ1) is 14.9. The van der Waals surface area contributed by atoms with Crippen LogP contribution < -0.4 is 0 Å². The summed E-state index contributed by atoms with van der Waals surface area (Å²) in [6, 6.07) is 14.9. The molecule has 1 aliphatic rings. The Morgan fingerprint density at radius 3 is 2.09 bits per heavy atom.